The topological polar surface area (TPSA) is 92.3 Å². The molecule has 1 aromatic rings. The third-order valence-corrected chi connectivity index (χ3v) is 6.53. The van der Waals surface area contributed by atoms with Crippen LogP contribution < -0.4 is 20.1 Å². The van der Waals surface area contributed by atoms with E-state index in [2.05, 4.69) is 26.6 Å². The molecule has 0 amide bonds. The Kier molecular flexibility index (Phi) is 10.2. The molecule has 30 heavy (non-hydrogen) atoms. The lowest BCUT2D eigenvalue weighted by Gasteiger charge is -2.26. The van der Waals surface area contributed by atoms with Crippen molar-refractivity contribution in [1.29, 1.82) is 0 Å². The zero-order valence-corrected chi connectivity index (χ0v) is 19.3. The van der Waals surface area contributed by atoms with E-state index in [1.54, 1.807) is 7.11 Å². The largest absolute Gasteiger partial charge is 0.493 e. The number of guanidine groups is 1. The minimum Gasteiger partial charge on any atom is -0.493 e. The number of sulfone groups is 1. The fourth-order valence-electron chi connectivity index (χ4n) is 3.27. The Labute approximate surface area is 181 Å². The van der Waals surface area contributed by atoms with Crippen molar-refractivity contribution >= 4 is 15.8 Å². The van der Waals surface area contributed by atoms with Crippen LogP contribution in [0.25, 0.3) is 0 Å². The second-order valence-electron chi connectivity index (χ2n) is 7.20. The Morgan fingerprint density at radius 2 is 1.93 bits per heavy atom. The number of hydrogen-bond acceptors (Lipinski definition) is 6. The molecule has 0 spiro atoms. The van der Waals surface area contributed by atoms with Crippen LogP contribution in [0, 0.1) is 0 Å². The molecule has 9 heteroatoms. The Morgan fingerprint density at radius 3 is 2.60 bits per heavy atom. The van der Waals surface area contributed by atoms with Gasteiger partial charge in [0.05, 0.1) is 25.2 Å². The molecule has 170 valence electrons. The summed E-state index contributed by atoms with van der Waals surface area (Å²) < 4.78 is 34.0. The lowest BCUT2D eigenvalue weighted by Crippen LogP contribution is -2.46. The highest BCUT2D eigenvalue weighted by Gasteiger charge is 2.20. The Morgan fingerprint density at radius 1 is 1.17 bits per heavy atom. The van der Waals surface area contributed by atoms with Crippen molar-refractivity contribution in [1.82, 2.24) is 15.5 Å². The van der Waals surface area contributed by atoms with E-state index in [9.17, 15) is 8.42 Å². The van der Waals surface area contributed by atoms with Gasteiger partial charge >= 0.3 is 0 Å². The van der Waals surface area contributed by atoms with Gasteiger partial charge < -0.3 is 20.1 Å². The van der Waals surface area contributed by atoms with E-state index < -0.39 is 9.84 Å². The number of ether oxygens (including phenoxy) is 2. The van der Waals surface area contributed by atoms with Crippen molar-refractivity contribution in [2.45, 2.75) is 26.7 Å². The molecule has 1 aliphatic heterocycles. The van der Waals surface area contributed by atoms with E-state index >= 15 is 0 Å². The summed E-state index contributed by atoms with van der Waals surface area (Å²) in [5, 5.41) is 6.60. The fourth-order valence-corrected chi connectivity index (χ4v) is 4.54. The minimum absolute atomic E-state index is 0.261. The number of benzene rings is 1. The molecule has 0 bridgehead atoms. The minimum atomic E-state index is -2.83. The lowest BCUT2D eigenvalue weighted by molar-refractivity contribution is 0.299. The molecule has 1 aromatic carbocycles. The van der Waals surface area contributed by atoms with E-state index in [0.29, 0.717) is 26.2 Å². The normalized spacial score (nSPS) is 16.8. The quantitative estimate of drug-likeness (QED) is 0.304. The number of rotatable bonds is 11. The number of hydrogen-bond donors (Lipinski definition) is 2. The molecule has 8 nitrogen and oxygen atoms in total. The third kappa shape index (κ3) is 8.39. The van der Waals surface area contributed by atoms with Gasteiger partial charge in [-0.15, -0.1) is 0 Å². The summed E-state index contributed by atoms with van der Waals surface area (Å²) in [5.74, 6) is 2.85. The monoisotopic (exact) mass is 440 g/mol. The molecule has 0 aliphatic carbocycles. The second kappa shape index (κ2) is 12.6. The van der Waals surface area contributed by atoms with Gasteiger partial charge in [0.1, 0.15) is 0 Å². The number of nitrogens with zero attached hydrogens (tertiary/aromatic N) is 2. The molecular formula is C21H36N4O4S. The standard InChI is InChI=1S/C21H36N4O4S/c1-4-22-21(24-11-12-25-13-15-30(26,27)16-14-25)23-10-6-7-18-8-9-19(28-3)20(17-18)29-5-2/h8-9,17H,4-7,10-16H2,1-3H3,(H2,22,23,24). The highest BCUT2D eigenvalue weighted by molar-refractivity contribution is 7.91. The molecular weight excluding hydrogens is 404 g/mol. The van der Waals surface area contributed by atoms with E-state index in [4.69, 9.17) is 9.47 Å². The van der Waals surface area contributed by atoms with Gasteiger partial charge in [0.25, 0.3) is 0 Å². The molecule has 1 fully saturated rings. The lowest BCUT2D eigenvalue weighted by atomic mass is 10.1. The summed E-state index contributed by atoms with van der Waals surface area (Å²) in [6, 6.07) is 6.04. The summed E-state index contributed by atoms with van der Waals surface area (Å²) in [7, 11) is -1.18. The molecule has 1 saturated heterocycles. The van der Waals surface area contributed by atoms with Crippen LogP contribution in [0.3, 0.4) is 0 Å². The summed E-state index contributed by atoms with van der Waals surface area (Å²) in [5.41, 5.74) is 1.20. The van der Waals surface area contributed by atoms with E-state index in [0.717, 1.165) is 49.9 Å². The zero-order chi connectivity index (χ0) is 21.8. The molecule has 0 atom stereocenters. The maximum absolute atomic E-state index is 11.5. The van der Waals surface area contributed by atoms with E-state index in [1.165, 1.54) is 5.56 Å². The number of aliphatic imine (C=N–C) groups is 1. The number of methoxy groups -OCH3 is 1. The van der Waals surface area contributed by atoms with Gasteiger partial charge in [0, 0.05) is 39.3 Å². The number of aryl methyl sites for hydroxylation is 1. The van der Waals surface area contributed by atoms with Crippen LogP contribution in [0.1, 0.15) is 25.8 Å². The van der Waals surface area contributed by atoms with Gasteiger partial charge in [0.2, 0.25) is 0 Å². The van der Waals surface area contributed by atoms with Crippen LogP contribution >= 0.6 is 0 Å². The Hall–Kier alpha value is -2.00. The summed E-state index contributed by atoms with van der Waals surface area (Å²) in [6.45, 7) is 8.90. The SMILES string of the molecule is CCNC(=NCCCc1ccc(OC)c(OCC)c1)NCCN1CCS(=O)(=O)CC1. The van der Waals surface area contributed by atoms with Crippen molar-refractivity contribution in [3.8, 4) is 11.5 Å². The first-order valence-corrected chi connectivity index (χ1v) is 12.5. The highest BCUT2D eigenvalue weighted by atomic mass is 32.2. The van der Waals surface area contributed by atoms with Crippen LogP contribution in [-0.4, -0.2) is 83.8 Å². The van der Waals surface area contributed by atoms with Gasteiger partial charge in [-0.05, 0) is 44.4 Å². The molecule has 1 heterocycles. The second-order valence-corrected chi connectivity index (χ2v) is 9.51. The molecule has 0 radical (unpaired) electrons. The van der Waals surface area contributed by atoms with E-state index in [1.807, 2.05) is 26.0 Å². The summed E-state index contributed by atoms with van der Waals surface area (Å²) >= 11 is 0. The Bertz CT molecular complexity index is 769. The zero-order valence-electron chi connectivity index (χ0n) is 18.4. The molecule has 2 rings (SSSR count). The Balaban J connectivity index is 1.76. The third-order valence-electron chi connectivity index (χ3n) is 4.92. The summed E-state index contributed by atoms with van der Waals surface area (Å²) in [4.78, 5) is 6.83. The number of nitrogens with one attached hydrogen (secondary N) is 2. The van der Waals surface area contributed by atoms with Crippen LogP contribution in [-0.2, 0) is 16.3 Å². The van der Waals surface area contributed by atoms with Crippen LogP contribution in [0.5, 0.6) is 11.5 Å². The molecule has 2 N–H and O–H groups in total. The fraction of sp³-hybridized carbons (Fsp3) is 0.667. The van der Waals surface area contributed by atoms with Crippen LogP contribution in [0.4, 0.5) is 0 Å². The van der Waals surface area contributed by atoms with Gasteiger partial charge in [0.15, 0.2) is 27.3 Å². The molecule has 0 saturated carbocycles. The van der Waals surface area contributed by atoms with Gasteiger partial charge in [-0.1, -0.05) is 6.07 Å². The first-order chi connectivity index (χ1) is 14.5. The highest BCUT2D eigenvalue weighted by Crippen LogP contribution is 2.28. The van der Waals surface area contributed by atoms with Crippen molar-refractivity contribution in [3.05, 3.63) is 23.8 Å². The smallest absolute Gasteiger partial charge is 0.191 e. The predicted molar refractivity (Wildman–Crippen MR) is 122 cm³/mol. The summed E-state index contributed by atoms with van der Waals surface area (Å²) in [6.07, 6.45) is 1.84. The van der Waals surface area contributed by atoms with Gasteiger partial charge in [-0.3, -0.25) is 9.89 Å². The van der Waals surface area contributed by atoms with Crippen LogP contribution in [0.15, 0.2) is 23.2 Å². The van der Waals surface area contributed by atoms with Crippen molar-refractivity contribution in [2.75, 3.05) is 64.5 Å². The van der Waals surface area contributed by atoms with Crippen LogP contribution in [0.2, 0.25) is 0 Å². The molecule has 0 aromatic heterocycles. The molecule has 0 unspecified atom stereocenters. The van der Waals surface area contributed by atoms with Crippen molar-refractivity contribution in [2.24, 2.45) is 4.99 Å². The first-order valence-electron chi connectivity index (χ1n) is 10.7. The van der Waals surface area contributed by atoms with Gasteiger partial charge in [-0.25, -0.2) is 8.42 Å². The van der Waals surface area contributed by atoms with Gasteiger partial charge in [-0.2, -0.15) is 0 Å². The maximum atomic E-state index is 11.5. The van der Waals surface area contributed by atoms with Crippen molar-refractivity contribution < 1.29 is 17.9 Å². The maximum Gasteiger partial charge on any atom is 0.191 e. The average molecular weight is 441 g/mol. The predicted octanol–water partition coefficient (Wildman–Crippen LogP) is 1.31. The van der Waals surface area contributed by atoms with E-state index in [-0.39, 0.29) is 11.5 Å². The first kappa shape index (κ1) is 24.3. The molecule has 1 aliphatic rings. The average Bonchev–Trinajstić information content (AvgIpc) is 2.73. The van der Waals surface area contributed by atoms with Crippen molar-refractivity contribution in [3.63, 3.8) is 0 Å².